The normalized spacial score (nSPS) is 21.1. The predicted octanol–water partition coefficient (Wildman–Crippen LogP) is 2.83. The van der Waals surface area contributed by atoms with Crippen LogP contribution >= 0.6 is 12.4 Å². The zero-order chi connectivity index (χ0) is 15.3. The van der Waals surface area contributed by atoms with Gasteiger partial charge in [-0.25, -0.2) is 0 Å². The number of benzene rings is 1. The van der Waals surface area contributed by atoms with E-state index in [9.17, 15) is 13.6 Å². The van der Waals surface area contributed by atoms with E-state index < -0.39 is 12.5 Å². The maximum absolute atomic E-state index is 12.3. The number of rotatable bonds is 5. The molecule has 124 valence electrons. The first-order valence-corrected chi connectivity index (χ1v) is 7.03. The lowest BCUT2D eigenvalue weighted by molar-refractivity contribution is -0.0501. The van der Waals surface area contributed by atoms with Crippen LogP contribution in [0.1, 0.15) is 30.1 Å². The predicted molar refractivity (Wildman–Crippen MR) is 82.9 cm³/mol. The quantitative estimate of drug-likeness (QED) is 0.870. The molecule has 1 unspecified atom stereocenters. The third kappa shape index (κ3) is 5.10. The fourth-order valence-corrected chi connectivity index (χ4v) is 2.51. The molecular weight excluding hydrogens is 314 g/mol. The van der Waals surface area contributed by atoms with Gasteiger partial charge >= 0.3 is 6.61 Å². The molecule has 1 aromatic rings. The van der Waals surface area contributed by atoms with Gasteiger partial charge in [0.05, 0.1) is 5.56 Å². The molecule has 1 aliphatic heterocycles. The molecule has 0 aromatic heterocycles. The first-order valence-electron chi connectivity index (χ1n) is 7.03. The molecule has 0 spiro atoms. The molecule has 1 aliphatic rings. The highest BCUT2D eigenvalue weighted by Gasteiger charge is 2.27. The van der Waals surface area contributed by atoms with Gasteiger partial charge in [0, 0.05) is 13.1 Å². The van der Waals surface area contributed by atoms with Crippen molar-refractivity contribution in [2.45, 2.75) is 26.4 Å². The molecule has 2 rings (SSSR count). The molecule has 0 radical (unpaired) electrons. The van der Waals surface area contributed by atoms with Gasteiger partial charge in [0.1, 0.15) is 5.75 Å². The van der Waals surface area contributed by atoms with Crippen molar-refractivity contribution >= 4 is 18.3 Å². The highest BCUT2D eigenvalue weighted by atomic mass is 35.5. The molecule has 2 N–H and O–H groups in total. The Balaban J connectivity index is 0.00000242. The van der Waals surface area contributed by atoms with Crippen LogP contribution in [-0.4, -0.2) is 32.2 Å². The number of ether oxygens (including phenoxy) is 1. The molecule has 22 heavy (non-hydrogen) atoms. The monoisotopic (exact) mass is 334 g/mol. The molecule has 0 saturated carbocycles. The van der Waals surface area contributed by atoms with E-state index in [1.54, 1.807) is 12.1 Å². The Morgan fingerprint density at radius 2 is 2.18 bits per heavy atom. The Morgan fingerprint density at radius 1 is 1.45 bits per heavy atom. The number of piperidine rings is 1. The number of amides is 1. The summed E-state index contributed by atoms with van der Waals surface area (Å²) < 4.78 is 29.1. The second kappa shape index (κ2) is 8.29. The van der Waals surface area contributed by atoms with Crippen molar-refractivity contribution in [3.05, 3.63) is 29.8 Å². The highest BCUT2D eigenvalue weighted by molar-refractivity contribution is 5.96. The lowest BCUT2D eigenvalue weighted by atomic mass is 9.83. The minimum absolute atomic E-state index is 0. The van der Waals surface area contributed by atoms with E-state index in [2.05, 4.69) is 22.3 Å². The number of hydrogen-bond donors (Lipinski definition) is 2. The van der Waals surface area contributed by atoms with E-state index in [1.165, 1.54) is 12.1 Å². The smallest absolute Gasteiger partial charge is 0.387 e. The zero-order valence-corrected chi connectivity index (χ0v) is 13.2. The van der Waals surface area contributed by atoms with Crippen LogP contribution in [-0.2, 0) is 0 Å². The number of alkyl halides is 2. The summed E-state index contributed by atoms with van der Waals surface area (Å²) in [5.74, 6) is -0.491. The Kier molecular flexibility index (Phi) is 7.03. The zero-order valence-electron chi connectivity index (χ0n) is 12.4. The third-order valence-corrected chi connectivity index (χ3v) is 3.71. The van der Waals surface area contributed by atoms with Gasteiger partial charge < -0.3 is 15.4 Å². The summed E-state index contributed by atoms with van der Waals surface area (Å²) in [6.07, 6.45) is 2.09. The second-order valence-corrected chi connectivity index (χ2v) is 5.65. The summed E-state index contributed by atoms with van der Waals surface area (Å²) in [6, 6.07) is 6.03. The Hall–Kier alpha value is -1.40. The van der Waals surface area contributed by atoms with Crippen molar-refractivity contribution in [3.8, 4) is 5.75 Å². The Labute approximate surface area is 135 Å². The maximum Gasteiger partial charge on any atom is 0.387 e. The van der Waals surface area contributed by atoms with E-state index >= 15 is 0 Å². The molecule has 1 atom stereocenters. The number of nitrogens with one attached hydrogen (secondary N) is 2. The highest BCUT2D eigenvalue weighted by Crippen LogP contribution is 2.25. The van der Waals surface area contributed by atoms with E-state index in [1.807, 2.05) is 0 Å². The first kappa shape index (κ1) is 18.6. The molecule has 0 bridgehead atoms. The van der Waals surface area contributed by atoms with Gasteiger partial charge in [-0.15, -0.1) is 12.4 Å². The van der Waals surface area contributed by atoms with Crippen LogP contribution in [0.15, 0.2) is 24.3 Å². The molecule has 0 aliphatic carbocycles. The molecule has 1 fully saturated rings. The van der Waals surface area contributed by atoms with Gasteiger partial charge in [0.2, 0.25) is 0 Å². The summed E-state index contributed by atoms with van der Waals surface area (Å²) in [5, 5.41) is 6.12. The van der Waals surface area contributed by atoms with Gasteiger partial charge in [0.15, 0.2) is 0 Å². The molecule has 1 saturated heterocycles. The fourth-order valence-electron chi connectivity index (χ4n) is 2.51. The topological polar surface area (TPSA) is 50.4 Å². The van der Waals surface area contributed by atoms with Crippen molar-refractivity contribution in [3.63, 3.8) is 0 Å². The number of carbonyl (C=O) groups excluding carboxylic acids is 1. The standard InChI is InChI=1S/C15H20F2N2O2.ClH/c1-15(7-4-8-18-9-15)10-19-13(20)11-5-2-3-6-12(11)21-14(16)17;/h2-3,5-6,14,18H,4,7-10H2,1H3,(H,19,20);1H. The summed E-state index contributed by atoms with van der Waals surface area (Å²) in [5.41, 5.74) is 0.122. The van der Waals surface area contributed by atoms with E-state index in [0.29, 0.717) is 6.54 Å². The number of para-hydroxylation sites is 1. The van der Waals surface area contributed by atoms with Crippen LogP contribution in [0.25, 0.3) is 0 Å². The minimum atomic E-state index is -2.95. The van der Waals surface area contributed by atoms with Crippen molar-refractivity contribution < 1.29 is 18.3 Å². The SMILES string of the molecule is CC1(CNC(=O)c2ccccc2OC(F)F)CCCNC1.Cl. The van der Waals surface area contributed by atoms with E-state index in [0.717, 1.165) is 25.9 Å². The molecule has 4 nitrogen and oxygen atoms in total. The van der Waals surface area contributed by atoms with Gasteiger partial charge in [-0.05, 0) is 36.9 Å². The molecule has 7 heteroatoms. The van der Waals surface area contributed by atoms with Crippen LogP contribution in [0.5, 0.6) is 5.75 Å². The molecule has 1 amide bonds. The van der Waals surface area contributed by atoms with E-state index in [-0.39, 0.29) is 29.1 Å². The molecule has 1 heterocycles. The van der Waals surface area contributed by atoms with Gasteiger partial charge in [-0.1, -0.05) is 19.1 Å². The fraction of sp³-hybridized carbons (Fsp3) is 0.533. The van der Waals surface area contributed by atoms with Crippen molar-refractivity contribution in [2.24, 2.45) is 5.41 Å². The summed E-state index contributed by atoms with van der Waals surface area (Å²) in [4.78, 5) is 12.2. The summed E-state index contributed by atoms with van der Waals surface area (Å²) >= 11 is 0. The lowest BCUT2D eigenvalue weighted by Gasteiger charge is -2.34. The van der Waals surface area contributed by atoms with Crippen molar-refractivity contribution in [1.82, 2.24) is 10.6 Å². The lowest BCUT2D eigenvalue weighted by Crippen LogP contribution is -2.45. The number of carbonyl (C=O) groups is 1. The van der Waals surface area contributed by atoms with Crippen molar-refractivity contribution in [2.75, 3.05) is 19.6 Å². The van der Waals surface area contributed by atoms with Crippen LogP contribution < -0.4 is 15.4 Å². The summed E-state index contributed by atoms with van der Waals surface area (Å²) in [6.45, 7) is 1.49. The second-order valence-electron chi connectivity index (χ2n) is 5.65. The average Bonchev–Trinajstić information content (AvgIpc) is 2.46. The maximum atomic E-state index is 12.3. The largest absolute Gasteiger partial charge is 0.434 e. The average molecular weight is 335 g/mol. The Bertz CT molecular complexity index is 494. The molecule has 1 aromatic carbocycles. The van der Waals surface area contributed by atoms with Crippen LogP contribution in [0.3, 0.4) is 0 Å². The van der Waals surface area contributed by atoms with Crippen molar-refractivity contribution in [1.29, 1.82) is 0 Å². The van der Waals surface area contributed by atoms with Gasteiger partial charge in [-0.3, -0.25) is 4.79 Å². The number of halogens is 3. The third-order valence-electron chi connectivity index (χ3n) is 3.71. The molecular formula is C15H21ClF2N2O2. The number of hydrogen-bond acceptors (Lipinski definition) is 3. The Morgan fingerprint density at radius 3 is 2.82 bits per heavy atom. The first-order chi connectivity index (χ1) is 10.0. The van der Waals surface area contributed by atoms with E-state index in [4.69, 9.17) is 0 Å². The van der Waals surface area contributed by atoms with Gasteiger partial charge in [-0.2, -0.15) is 8.78 Å². The summed E-state index contributed by atoms with van der Waals surface area (Å²) in [7, 11) is 0. The van der Waals surface area contributed by atoms with Crippen LogP contribution in [0.4, 0.5) is 8.78 Å². The minimum Gasteiger partial charge on any atom is -0.434 e. The van der Waals surface area contributed by atoms with Crippen LogP contribution in [0, 0.1) is 5.41 Å². The van der Waals surface area contributed by atoms with Crippen LogP contribution in [0.2, 0.25) is 0 Å². The van der Waals surface area contributed by atoms with Gasteiger partial charge in [0.25, 0.3) is 5.91 Å².